The Balaban J connectivity index is 2.04. The molecule has 2 N–H and O–H groups in total. The summed E-state index contributed by atoms with van der Waals surface area (Å²) in [6, 6.07) is 0.346. The third kappa shape index (κ3) is 3.12. The van der Waals surface area contributed by atoms with Crippen molar-refractivity contribution in [1.82, 2.24) is 5.32 Å². The van der Waals surface area contributed by atoms with E-state index in [1.807, 2.05) is 0 Å². The third-order valence-corrected chi connectivity index (χ3v) is 2.75. The molecule has 0 saturated carbocycles. The zero-order valence-corrected chi connectivity index (χ0v) is 7.19. The molecular formula is C7H13NO2S. The van der Waals surface area contributed by atoms with Crippen LogP contribution in [-0.4, -0.2) is 35.2 Å². The topological polar surface area (TPSA) is 49.3 Å². The molecule has 0 aliphatic carbocycles. The molecule has 1 aliphatic heterocycles. The molecule has 4 heteroatoms. The molecule has 0 spiro atoms. The van der Waals surface area contributed by atoms with Crippen molar-refractivity contribution in [3.8, 4) is 0 Å². The van der Waals surface area contributed by atoms with E-state index in [1.54, 1.807) is 11.8 Å². The highest BCUT2D eigenvalue weighted by Crippen LogP contribution is 2.11. The molecule has 1 rings (SSSR count). The molecule has 0 bridgehead atoms. The Morgan fingerprint density at radius 1 is 1.73 bits per heavy atom. The van der Waals surface area contributed by atoms with Gasteiger partial charge in [-0.05, 0) is 6.42 Å². The monoisotopic (exact) mass is 175 g/mol. The van der Waals surface area contributed by atoms with E-state index in [0.717, 1.165) is 17.9 Å². The molecular weight excluding hydrogens is 162 g/mol. The fourth-order valence-electron chi connectivity index (χ4n) is 1.09. The van der Waals surface area contributed by atoms with Crippen LogP contribution in [0.3, 0.4) is 0 Å². The van der Waals surface area contributed by atoms with Crippen molar-refractivity contribution in [3.05, 3.63) is 0 Å². The third-order valence-electron chi connectivity index (χ3n) is 1.64. The first-order valence-corrected chi connectivity index (χ1v) is 4.96. The molecule has 0 radical (unpaired) electrons. The van der Waals surface area contributed by atoms with Crippen LogP contribution in [0.5, 0.6) is 0 Å². The van der Waals surface area contributed by atoms with Gasteiger partial charge < -0.3 is 10.4 Å². The van der Waals surface area contributed by atoms with Crippen LogP contribution in [-0.2, 0) is 4.79 Å². The number of nitrogens with one attached hydrogen (secondary N) is 1. The van der Waals surface area contributed by atoms with Gasteiger partial charge in [0.05, 0.1) is 6.61 Å². The first-order chi connectivity index (χ1) is 5.33. The Morgan fingerprint density at radius 3 is 3.09 bits per heavy atom. The van der Waals surface area contributed by atoms with Gasteiger partial charge in [0, 0.05) is 24.0 Å². The van der Waals surface area contributed by atoms with Gasteiger partial charge in [-0.2, -0.15) is 11.8 Å². The summed E-state index contributed by atoms with van der Waals surface area (Å²) in [6.45, 7) is 0.228. The standard InChI is InChI=1S/C7H13NO2S/c9-3-4-11-5-6-1-2-7(10)8-6/h6,9H,1-5H2,(H,8,10). The van der Waals surface area contributed by atoms with Gasteiger partial charge in [0.2, 0.25) is 5.91 Å². The zero-order chi connectivity index (χ0) is 8.10. The van der Waals surface area contributed by atoms with E-state index in [0.29, 0.717) is 12.5 Å². The second-order valence-electron chi connectivity index (χ2n) is 2.60. The Morgan fingerprint density at radius 2 is 2.55 bits per heavy atom. The maximum absolute atomic E-state index is 10.7. The lowest BCUT2D eigenvalue weighted by Crippen LogP contribution is -2.27. The van der Waals surface area contributed by atoms with Crippen molar-refractivity contribution in [2.75, 3.05) is 18.1 Å². The summed E-state index contributed by atoms with van der Waals surface area (Å²) in [4.78, 5) is 10.7. The first-order valence-electron chi connectivity index (χ1n) is 3.81. The van der Waals surface area contributed by atoms with Crippen molar-refractivity contribution in [2.45, 2.75) is 18.9 Å². The van der Waals surface area contributed by atoms with Crippen LogP contribution in [0.2, 0.25) is 0 Å². The number of carbonyl (C=O) groups is 1. The van der Waals surface area contributed by atoms with Gasteiger partial charge in [0.25, 0.3) is 0 Å². The Labute approximate surface area is 70.6 Å². The maximum Gasteiger partial charge on any atom is 0.220 e. The van der Waals surface area contributed by atoms with Crippen molar-refractivity contribution in [2.24, 2.45) is 0 Å². The molecule has 64 valence electrons. The Hall–Kier alpha value is -0.220. The molecule has 1 saturated heterocycles. The fraction of sp³-hybridized carbons (Fsp3) is 0.857. The molecule has 1 heterocycles. The quantitative estimate of drug-likeness (QED) is 0.591. The summed E-state index contributed by atoms with van der Waals surface area (Å²) < 4.78 is 0. The van der Waals surface area contributed by atoms with Gasteiger partial charge in [-0.3, -0.25) is 4.79 Å². The number of aliphatic hydroxyl groups is 1. The minimum atomic E-state index is 0.166. The van der Waals surface area contributed by atoms with Gasteiger partial charge in [-0.25, -0.2) is 0 Å². The lowest BCUT2D eigenvalue weighted by atomic mass is 10.2. The molecule has 3 nitrogen and oxygen atoms in total. The van der Waals surface area contributed by atoms with E-state index in [2.05, 4.69) is 5.32 Å². The number of hydrogen-bond donors (Lipinski definition) is 2. The van der Waals surface area contributed by atoms with Crippen molar-refractivity contribution >= 4 is 17.7 Å². The molecule has 0 aromatic carbocycles. The maximum atomic E-state index is 10.7. The van der Waals surface area contributed by atoms with Crippen molar-refractivity contribution in [3.63, 3.8) is 0 Å². The summed E-state index contributed by atoms with van der Waals surface area (Å²) >= 11 is 1.69. The van der Waals surface area contributed by atoms with Crippen LogP contribution in [0.25, 0.3) is 0 Å². The summed E-state index contributed by atoms with van der Waals surface area (Å²) in [5, 5.41) is 11.4. The highest BCUT2D eigenvalue weighted by molar-refractivity contribution is 7.99. The van der Waals surface area contributed by atoms with Crippen molar-refractivity contribution in [1.29, 1.82) is 0 Å². The van der Waals surface area contributed by atoms with E-state index in [1.165, 1.54) is 0 Å². The number of thioether (sulfide) groups is 1. The minimum absolute atomic E-state index is 0.166. The SMILES string of the molecule is O=C1CCC(CSCCO)N1. The van der Waals surface area contributed by atoms with Gasteiger partial charge in [-0.1, -0.05) is 0 Å². The van der Waals surface area contributed by atoms with Gasteiger partial charge in [0.15, 0.2) is 0 Å². The van der Waals surface area contributed by atoms with E-state index in [-0.39, 0.29) is 12.5 Å². The average molecular weight is 175 g/mol. The largest absolute Gasteiger partial charge is 0.396 e. The predicted molar refractivity (Wildman–Crippen MR) is 45.6 cm³/mol. The molecule has 11 heavy (non-hydrogen) atoms. The second-order valence-corrected chi connectivity index (χ2v) is 3.75. The number of amides is 1. The first kappa shape index (κ1) is 8.87. The number of aliphatic hydroxyl groups excluding tert-OH is 1. The fourth-order valence-corrected chi connectivity index (χ4v) is 1.92. The molecule has 1 atom stereocenters. The van der Waals surface area contributed by atoms with Crippen LogP contribution in [0, 0.1) is 0 Å². The highest BCUT2D eigenvalue weighted by atomic mass is 32.2. The smallest absolute Gasteiger partial charge is 0.220 e. The van der Waals surface area contributed by atoms with E-state index in [4.69, 9.17) is 5.11 Å². The lowest BCUT2D eigenvalue weighted by Gasteiger charge is -2.07. The minimum Gasteiger partial charge on any atom is -0.396 e. The van der Waals surface area contributed by atoms with Gasteiger partial charge in [-0.15, -0.1) is 0 Å². The Bertz CT molecular complexity index is 140. The van der Waals surface area contributed by atoms with Crippen LogP contribution >= 0.6 is 11.8 Å². The van der Waals surface area contributed by atoms with E-state index < -0.39 is 0 Å². The number of carbonyl (C=O) groups excluding carboxylic acids is 1. The molecule has 1 unspecified atom stereocenters. The molecule has 1 aliphatic rings. The van der Waals surface area contributed by atoms with Crippen LogP contribution in [0.4, 0.5) is 0 Å². The normalized spacial score (nSPS) is 23.7. The van der Waals surface area contributed by atoms with Crippen LogP contribution in [0.1, 0.15) is 12.8 Å². The lowest BCUT2D eigenvalue weighted by molar-refractivity contribution is -0.119. The Kier molecular flexibility index (Phi) is 3.72. The summed E-state index contributed by atoms with van der Waals surface area (Å²) in [7, 11) is 0. The molecule has 0 aromatic heterocycles. The predicted octanol–water partition coefficient (Wildman–Crippen LogP) is -0.00950. The van der Waals surface area contributed by atoms with Crippen LogP contribution < -0.4 is 5.32 Å². The summed E-state index contributed by atoms with van der Waals surface area (Å²) in [5.74, 6) is 1.87. The number of hydrogen-bond acceptors (Lipinski definition) is 3. The molecule has 0 aromatic rings. The average Bonchev–Trinajstić information content (AvgIpc) is 2.37. The molecule has 1 fully saturated rings. The van der Waals surface area contributed by atoms with Gasteiger partial charge in [0.1, 0.15) is 0 Å². The summed E-state index contributed by atoms with van der Waals surface area (Å²) in [5.41, 5.74) is 0. The van der Waals surface area contributed by atoms with Crippen molar-refractivity contribution < 1.29 is 9.90 Å². The second kappa shape index (κ2) is 4.62. The van der Waals surface area contributed by atoms with E-state index in [9.17, 15) is 4.79 Å². The summed E-state index contributed by atoms with van der Waals surface area (Å²) in [6.07, 6.45) is 1.63. The zero-order valence-electron chi connectivity index (χ0n) is 6.38. The van der Waals surface area contributed by atoms with Gasteiger partial charge >= 0.3 is 0 Å². The number of rotatable bonds is 4. The highest BCUT2D eigenvalue weighted by Gasteiger charge is 2.19. The van der Waals surface area contributed by atoms with E-state index >= 15 is 0 Å². The molecule has 1 amide bonds. The van der Waals surface area contributed by atoms with Crippen LogP contribution in [0.15, 0.2) is 0 Å².